The standard InChI is InChI=1S/C26H32N6O2S/c1-17-14-21(24(27-15-17)28-20-9-12-35-13-10-20)25(33)29-18-5-7-19(8-6-18)30-26(34)22-16-32-11-3-2-4-23(32)31-22/h2-4,11,14-16,18-20H,5-10,12-13H2,1H3,(H,27,28)(H,29,33)(H,30,34). The van der Waals surface area contributed by atoms with Gasteiger partial charge in [-0.15, -0.1) is 0 Å². The lowest BCUT2D eigenvalue weighted by atomic mass is 9.91. The molecule has 0 atom stereocenters. The van der Waals surface area contributed by atoms with Crippen LogP contribution < -0.4 is 16.0 Å². The number of carbonyl (C=O) groups excluding carboxylic acids is 2. The number of hydrogen-bond donors (Lipinski definition) is 3. The summed E-state index contributed by atoms with van der Waals surface area (Å²) in [5, 5.41) is 9.83. The highest BCUT2D eigenvalue weighted by molar-refractivity contribution is 7.99. The lowest BCUT2D eigenvalue weighted by molar-refractivity contribution is 0.0890. The summed E-state index contributed by atoms with van der Waals surface area (Å²) >= 11 is 1.98. The zero-order valence-electron chi connectivity index (χ0n) is 20.0. The molecule has 1 saturated heterocycles. The summed E-state index contributed by atoms with van der Waals surface area (Å²) in [6.07, 6.45) is 10.9. The van der Waals surface area contributed by atoms with Gasteiger partial charge in [0, 0.05) is 36.7 Å². The van der Waals surface area contributed by atoms with Gasteiger partial charge in [0.2, 0.25) is 0 Å². The van der Waals surface area contributed by atoms with Crippen LogP contribution in [-0.2, 0) is 0 Å². The molecule has 1 aliphatic carbocycles. The monoisotopic (exact) mass is 492 g/mol. The maximum Gasteiger partial charge on any atom is 0.271 e. The predicted molar refractivity (Wildman–Crippen MR) is 139 cm³/mol. The Bertz CT molecular complexity index is 1160. The number of nitrogens with one attached hydrogen (secondary N) is 3. The van der Waals surface area contributed by atoms with Crippen LogP contribution in [0.3, 0.4) is 0 Å². The van der Waals surface area contributed by atoms with Crippen molar-refractivity contribution in [3.8, 4) is 0 Å². The molecule has 0 radical (unpaired) electrons. The summed E-state index contributed by atoms with van der Waals surface area (Å²) in [4.78, 5) is 34.8. The van der Waals surface area contributed by atoms with Crippen molar-refractivity contribution in [2.24, 2.45) is 0 Å². The highest BCUT2D eigenvalue weighted by Gasteiger charge is 2.26. The van der Waals surface area contributed by atoms with E-state index in [0.29, 0.717) is 23.1 Å². The van der Waals surface area contributed by atoms with E-state index in [1.54, 1.807) is 6.20 Å². The number of aromatic nitrogens is 3. The number of aryl methyl sites for hydroxylation is 1. The van der Waals surface area contributed by atoms with Crippen molar-refractivity contribution < 1.29 is 9.59 Å². The molecule has 184 valence electrons. The summed E-state index contributed by atoms with van der Waals surface area (Å²) < 4.78 is 1.85. The van der Waals surface area contributed by atoms with Crippen LogP contribution in [0, 0.1) is 6.92 Å². The number of pyridine rings is 2. The van der Waals surface area contributed by atoms with E-state index in [9.17, 15) is 9.59 Å². The van der Waals surface area contributed by atoms with Crippen LogP contribution in [0.15, 0.2) is 42.9 Å². The summed E-state index contributed by atoms with van der Waals surface area (Å²) in [5.74, 6) is 2.73. The molecule has 3 aromatic rings. The largest absolute Gasteiger partial charge is 0.367 e. The van der Waals surface area contributed by atoms with Gasteiger partial charge < -0.3 is 20.4 Å². The molecule has 1 saturated carbocycles. The average molecular weight is 493 g/mol. The number of hydrogen-bond acceptors (Lipinski definition) is 6. The summed E-state index contributed by atoms with van der Waals surface area (Å²) in [6.45, 7) is 1.96. The Morgan fingerprint density at radius 2 is 1.69 bits per heavy atom. The van der Waals surface area contributed by atoms with Crippen LogP contribution in [-0.4, -0.2) is 55.8 Å². The Balaban J connectivity index is 1.15. The number of carbonyl (C=O) groups is 2. The first-order chi connectivity index (χ1) is 17.0. The van der Waals surface area contributed by atoms with Crippen LogP contribution in [0.2, 0.25) is 0 Å². The van der Waals surface area contributed by atoms with E-state index in [-0.39, 0.29) is 23.9 Å². The van der Waals surface area contributed by atoms with Crippen molar-refractivity contribution in [2.45, 2.75) is 63.6 Å². The molecular weight excluding hydrogens is 460 g/mol. The molecular formula is C26H32N6O2S. The highest BCUT2D eigenvalue weighted by Crippen LogP contribution is 2.24. The minimum atomic E-state index is -0.149. The Morgan fingerprint density at radius 1 is 0.971 bits per heavy atom. The van der Waals surface area contributed by atoms with E-state index in [2.05, 4.69) is 25.9 Å². The van der Waals surface area contributed by atoms with Crippen molar-refractivity contribution in [1.29, 1.82) is 0 Å². The average Bonchev–Trinajstić information content (AvgIpc) is 3.32. The fraction of sp³-hybridized carbons (Fsp3) is 0.462. The van der Waals surface area contributed by atoms with Crippen molar-refractivity contribution in [3.63, 3.8) is 0 Å². The zero-order chi connectivity index (χ0) is 24.2. The van der Waals surface area contributed by atoms with Crippen LogP contribution >= 0.6 is 11.8 Å². The van der Waals surface area contributed by atoms with Gasteiger partial charge in [-0.1, -0.05) is 6.07 Å². The van der Waals surface area contributed by atoms with Gasteiger partial charge in [-0.2, -0.15) is 11.8 Å². The van der Waals surface area contributed by atoms with Crippen LogP contribution in [0.4, 0.5) is 5.82 Å². The number of amides is 2. The Hall–Kier alpha value is -3.07. The van der Waals surface area contributed by atoms with Gasteiger partial charge in [-0.25, -0.2) is 9.97 Å². The van der Waals surface area contributed by atoms with Crippen LogP contribution in [0.5, 0.6) is 0 Å². The second-order valence-corrected chi connectivity index (χ2v) is 10.8. The van der Waals surface area contributed by atoms with Crippen LogP contribution in [0.25, 0.3) is 5.65 Å². The minimum absolute atomic E-state index is 0.0777. The molecule has 5 rings (SSSR count). The van der Waals surface area contributed by atoms with Gasteiger partial charge in [0.15, 0.2) is 0 Å². The van der Waals surface area contributed by atoms with Crippen molar-refractivity contribution in [1.82, 2.24) is 25.0 Å². The fourth-order valence-corrected chi connectivity index (χ4v) is 5.95. The third-order valence-corrected chi connectivity index (χ3v) is 7.87. The third kappa shape index (κ3) is 5.78. The fourth-order valence-electron chi connectivity index (χ4n) is 4.84. The number of rotatable bonds is 6. The van der Waals surface area contributed by atoms with Gasteiger partial charge in [0.1, 0.15) is 17.2 Å². The smallest absolute Gasteiger partial charge is 0.271 e. The second kappa shape index (κ2) is 10.7. The van der Waals surface area contributed by atoms with E-state index in [1.807, 2.05) is 59.7 Å². The minimum Gasteiger partial charge on any atom is -0.367 e. The molecule has 35 heavy (non-hydrogen) atoms. The molecule has 0 spiro atoms. The highest BCUT2D eigenvalue weighted by atomic mass is 32.2. The van der Waals surface area contributed by atoms with Gasteiger partial charge in [-0.3, -0.25) is 9.59 Å². The molecule has 8 nitrogen and oxygen atoms in total. The first-order valence-electron chi connectivity index (χ1n) is 12.4. The molecule has 0 bridgehead atoms. The van der Waals surface area contributed by atoms with E-state index < -0.39 is 0 Å². The molecule has 4 heterocycles. The summed E-state index contributed by atoms with van der Waals surface area (Å²) in [7, 11) is 0. The SMILES string of the molecule is Cc1cnc(NC2CCSCC2)c(C(=O)NC2CCC(NC(=O)c3cn4ccccc4n3)CC2)c1. The third-order valence-electron chi connectivity index (χ3n) is 6.83. The number of nitrogens with zero attached hydrogens (tertiary/aromatic N) is 3. The normalized spacial score (nSPS) is 20.9. The molecule has 0 aromatic carbocycles. The van der Waals surface area contributed by atoms with Crippen molar-refractivity contribution in [2.75, 3.05) is 16.8 Å². The molecule has 3 aromatic heterocycles. The Kier molecular flexibility index (Phi) is 7.22. The van der Waals surface area contributed by atoms with Gasteiger partial charge >= 0.3 is 0 Å². The number of fused-ring (bicyclic) bond motifs is 1. The quantitative estimate of drug-likeness (QED) is 0.484. The molecule has 2 aliphatic rings. The maximum atomic E-state index is 13.2. The maximum absolute atomic E-state index is 13.2. The molecule has 0 unspecified atom stereocenters. The van der Waals surface area contributed by atoms with Crippen LogP contribution in [0.1, 0.15) is 64.9 Å². The first-order valence-corrected chi connectivity index (χ1v) is 13.6. The lowest BCUT2D eigenvalue weighted by Gasteiger charge is -2.30. The Labute approximate surface area is 209 Å². The lowest BCUT2D eigenvalue weighted by Crippen LogP contribution is -2.44. The summed E-state index contributed by atoms with van der Waals surface area (Å²) in [5.41, 5.74) is 2.77. The number of thioether (sulfide) groups is 1. The summed E-state index contributed by atoms with van der Waals surface area (Å²) in [6, 6.07) is 8.15. The van der Waals surface area contributed by atoms with E-state index in [0.717, 1.165) is 61.2 Å². The molecule has 9 heteroatoms. The molecule has 2 amide bonds. The van der Waals surface area contributed by atoms with Crippen molar-refractivity contribution in [3.05, 3.63) is 59.7 Å². The van der Waals surface area contributed by atoms with Gasteiger partial charge in [0.05, 0.1) is 5.56 Å². The van der Waals surface area contributed by atoms with E-state index >= 15 is 0 Å². The topological polar surface area (TPSA) is 100 Å². The number of imidazole rings is 1. The predicted octanol–water partition coefficient (Wildman–Crippen LogP) is 3.82. The second-order valence-electron chi connectivity index (χ2n) is 9.53. The Morgan fingerprint density at radius 3 is 2.40 bits per heavy atom. The van der Waals surface area contributed by atoms with Gasteiger partial charge in [0.25, 0.3) is 11.8 Å². The number of anilines is 1. The molecule has 1 aliphatic heterocycles. The molecule has 2 fully saturated rings. The van der Waals surface area contributed by atoms with Gasteiger partial charge in [-0.05, 0) is 80.7 Å². The molecule has 3 N–H and O–H groups in total. The first kappa shape index (κ1) is 23.7. The van der Waals surface area contributed by atoms with E-state index in [4.69, 9.17) is 0 Å². The van der Waals surface area contributed by atoms with E-state index in [1.165, 1.54) is 0 Å². The van der Waals surface area contributed by atoms with Crippen molar-refractivity contribution >= 4 is 35.0 Å². The zero-order valence-corrected chi connectivity index (χ0v) is 20.8.